The van der Waals surface area contributed by atoms with E-state index < -0.39 is 4.92 Å². The van der Waals surface area contributed by atoms with Crippen molar-refractivity contribution in [2.75, 3.05) is 5.32 Å². The summed E-state index contributed by atoms with van der Waals surface area (Å²) in [5.74, 6) is -0.0361. The van der Waals surface area contributed by atoms with Gasteiger partial charge in [-0.05, 0) is 37.7 Å². The molecule has 8 heteroatoms. The van der Waals surface area contributed by atoms with Gasteiger partial charge >= 0.3 is 0 Å². The number of nitro groups is 1. The minimum Gasteiger partial charge on any atom is -0.506 e. The van der Waals surface area contributed by atoms with E-state index in [1.807, 2.05) is 0 Å². The quantitative estimate of drug-likeness (QED) is 0.443. The average Bonchev–Trinajstić information content (AvgIpc) is 2.80. The van der Waals surface area contributed by atoms with Gasteiger partial charge in [-0.25, -0.2) is 0 Å². The molecule has 0 saturated carbocycles. The second-order valence-corrected chi connectivity index (χ2v) is 6.19. The topological polar surface area (TPSA) is 104 Å². The summed E-state index contributed by atoms with van der Waals surface area (Å²) in [4.78, 5) is 22.3. The molecule has 0 spiro atoms. The van der Waals surface area contributed by atoms with Gasteiger partial charge in [-0.3, -0.25) is 14.9 Å². The highest BCUT2D eigenvalue weighted by Crippen LogP contribution is 2.33. The highest BCUT2D eigenvalue weighted by Gasteiger charge is 2.34. The Labute approximate surface area is 140 Å². The number of piperidine rings is 1. The van der Waals surface area contributed by atoms with Gasteiger partial charge in [-0.15, -0.1) is 12.4 Å². The number of phenols is 1. The second kappa shape index (κ2) is 7.14. The second-order valence-electron chi connectivity index (χ2n) is 6.19. The molecule has 2 unspecified atom stereocenters. The number of benzene rings is 1. The van der Waals surface area contributed by atoms with Crippen molar-refractivity contribution in [1.82, 2.24) is 5.32 Å². The molecular weight excluding hydrogens is 322 g/mol. The molecule has 2 bridgehead atoms. The largest absolute Gasteiger partial charge is 0.506 e. The summed E-state index contributed by atoms with van der Waals surface area (Å²) >= 11 is 0. The summed E-state index contributed by atoms with van der Waals surface area (Å²) in [6, 6.07) is 4.64. The van der Waals surface area contributed by atoms with Gasteiger partial charge in [-0.1, -0.05) is 0 Å². The first-order valence-electron chi connectivity index (χ1n) is 7.54. The molecule has 2 fully saturated rings. The van der Waals surface area contributed by atoms with E-state index in [1.54, 1.807) is 0 Å². The van der Waals surface area contributed by atoms with Crippen LogP contribution in [0.3, 0.4) is 0 Å². The van der Waals surface area contributed by atoms with Gasteiger partial charge in [0.15, 0.2) is 0 Å². The number of rotatable bonds is 4. The lowest BCUT2D eigenvalue weighted by molar-refractivity contribution is -0.384. The Morgan fingerprint density at radius 1 is 1.35 bits per heavy atom. The maximum Gasteiger partial charge on any atom is 0.271 e. The lowest BCUT2D eigenvalue weighted by atomic mass is 9.89. The zero-order valence-electron chi connectivity index (χ0n) is 12.5. The van der Waals surface area contributed by atoms with Gasteiger partial charge < -0.3 is 15.7 Å². The monoisotopic (exact) mass is 341 g/mol. The number of aromatic hydroxyl groups is 1. The molecule has 0 radical (unpaired) electrons. The lowest BCUT2D eigenvalue weighted by Crippen LogP contribution is -2.39. The standard InChI is InChI=1S/C15H19N3O4.ClH/c19-14-4-3-12(18(21)22)8-13(14)17-15(20)7-9-5-10-1-2-11(6-9)16-10;/h3-4,8-11,16,19H,1-2,5-7H2,(H,17,20);1H. The van der Waals surface area contributed by atoms with E-state index in [0.29, 0.717) is 24.4 Å². The van der Waals surface area contributed by atoms with E-state index in [0.717, 1.165) is 12.8 Å². The molecule has 0 aromatic heterocycles. The zero-order valence-corrected chi connectivity index (χ0v) is 13.3. The zero-order chi connectivity index (χ0) is 15.7. The van der Waals surface area contributed by atoms with Crippen LogP contribution in [0.25, 0.3) is 0 Å². The average molecular weight is 342 g/mol. The van der Waals surface area contributed by atoms with Crippen molar-refractivity contribution >= 4 is 29.7 Å². The SMILES string of the molecule is Cl.O=C(CC1CC2CCC(C1)N2)Nc1cc([N+](=O)[O-])ccc1O. The highest BCUT2D eigenvalue weighted by atomic mass is 35.5. The fourth-order valence-corrected chi connectivity index (χ4v) is 3.54. The number of hydrogen-bond acceptors (Lipinski definition) is 5. The first-order chi connectivity index (χ1) is 10.5. The third-order valence-corrected chi connectivity index (χ3v) is 4.51. The maximum absolute atomic E-state index is 12.1. The minimum absolute atomic E-state index is 0. The summed E-state index contributed by atoms with van der Waals surface area (Å²) in [7, 11) is 0. The number of nitrogens with zero attached hydrogens (tertiary/aromatic N) is 1. The summed E-state index contributed by atoms with van der Waals surface area (Å²) in [5.41, 5.74) is -0.0656. The number of carbonyl (C=O) groups is 1. The van der Waals surface area contributed by atoms with Crippen LogP contribution in [0.15, 0.2) is 18.2 Å². The van der Waals surface area contributed by atoms with Crippen molar-refractivity contribution in [3.05, 3.63) is 28.3 Å². The first-order valence-corrected chi connectivity index (χ1v) is 7.54. The molecule has 3 rings (SSSR count). The molecule has 1 amide bonds. The molecule has 2 atom stereocenters. The number of anilines is 1. The lowest BCUT2D eigenvalue weighted by Gasteiger charge is -2.28. The summed E-state index contributed by atoms with van der Waals surface area (Å²) < 4.78 is 0. The molecule has 126 valence electrons. The maximum atomic E-state index is 12.1. The number of hydrogen-bond donors (Lipinski definition) is 3. The smallest absolute Gasteiger partial charge is 0.271 e. The molecular formula is C15H20ClN3O4. The Morgan fingerprint density at radius 2 is 2.00 bits per heavy atom. The van der Waals surface area contributed by atoms with Crippen LogP contribution < -0.4 is 10.6 Å². The molecule has 1 aromatic carbocycles. The Hall–Kier alpha value is -1.86. The minimum atomic E-state index is -0.556. The number of non-ortho nitro benzene ring substituents is 1. The highest BCUT2D eigenvalue weighted by molar-refractivity contribution is 5.92. The van der Waals surface area contributed by atoms with Crippen LogP contribution in [-0.4, -0.2) is 28.0 Å². The number of halogens is 1. The van der Waals surface area contributed by atoms with Crippen LogP contribution in [-0.2, 0) is 4.79 Å². The number of fused-ring (bicyclic) bond motifs is 2. The van der Waals surface area contributed by atoms with Gasteiger partial charge in [0.1, 0.15) is 5.75 Å². The van der Waals surface area contributed by atoms with Crippen LogP contribution in [0.5, 0.6) is 5.75 Å². The molecule has 2 heterocycles. The molecule has 1 aromatic rings. The fourth-order valence-electron chi connectivity index (χ4n) is 3.54. The number of amides is 1. The van der Waals surface area contributed by atoms with Gasteiger partial charge in [0, 0.05) is 30.6 Å². The fraction of sp³-hybridized carbons (Fsp3) is 0.533. The summed E-state index contributed by atoms with van der Waals surface area (Å²) in [6.45, 7) is 0. The number of nitro benzene ring substituents is 1. The Kier molecular flexibility index (Phi) is 5.43. The number of phenolic OH excluding ortho intramolecular Hbond substituents is 1. The van der Waals surface area contributed by atoms with Crippen molar-refractivity contribution < 1.29 is 14.8 Å². The summed E-state index contributed by atoms with van der Waals surface area (Å²) in [6.07, 6.45) is 4.72. The normalized spacial score (nSPS) is 25.5. The van der Waals surface area contributed by atoms with E-state index in [4.69, 9.17) is 0 Å². The Bertz CT molecular complexity index is 598. The first kappa shape index (κ1) is 17.5. The van der Waals surface area contributed by atoms with E-state index in [-0.39, 0.29) is 35.4 Å². The summed E-state index contributed by atoms with van der Waals surface area (Å²) in [5, 5.41) is 26.6. The molecule has 23 heavy (non-hydrogen) atoms. The molecule has 2 saturated heterocycles. The van der Waals surface area contributed by atoms with Crippen LogP contribution in [0.4, 0.5) is 11.4 Å². The van der Waals surface area contributed by atoms with Crippen molar-refractivity contribution in [2.45, 2.75) is 44.2 Å². The van der Waals surface area contributed by atoms with E-state index >= 15 is 0 Å². The predicted octanol–water partition coefficient (Wildman–Crippen LogP) is 2.58. The van der Waals surface area contributed by atoms with Gasteiger partial charge in [0.25, 0.3) is 5.69 Å². The Morgan fingerprint density at radius 3 is 2.61 bits per heavy atom. The van der Waals surface area contributed by atoms with Crippen LogP contribution in [0.1, 0.15) is 32.1 Å². The van der Waals surface area contributed by atoms with Gasteiger partial charge in [0.05, 0.1) is 10.6 Å². The van der Waals surface area contributed by atoms with Gasteiger partial charge in [0.2, 0.25) is 5.91 Å². The number of carbonyl (C=O) groups excluding carboxylic acids is 1. The predicted molar refractivity (Wildman–Crippen MR) is 87.9 cm³/mol. The Balaban J connectivity index is 0.00000192. The van der Waals surface area contributed by atoms with Crippen molar-refractivity contribution in [3.63, 3.8) is 0 Å². The third kappa shape index (κ3) is 4.11. The molecule has 2 aliphatic heterocycles. The van der Waals surface area contributed by atoms with E-state index in [9.17, 15) is 20.0 Å². The molecule has 2 aliphatic rings. The van der Waals surface area contributed by atoms with Crippen molar-refractivity contribution in [2.24, 2.45) is 5.92 Å². The van der Waals surface area contributed by atoms with Crippen molar-refractivity contribution in [1.29, 1.82) is 0 Å². The van der Waals surface area contributed by atoms with Crippen molar-refractivity contribution in [3.8, 4) is 5.75 Å². The van der Waals surface area contributed by atoms with Crippen LogP contribution in [0, 0.1) is 16.0 Å². The molecule has 7 nitrogen and oxygen atoms in total. The third-order valence-electron chi connectivity index (χ3n) is 4.51. The number of nitrogens with one attached hydrogen (secondary N) is 2. The van der Waals surface area contributed by atoms with Gasteiger partial charge in [-0.2, -0.15) is 0 Å². The van der Waals surface area contributed by atoms with Crippen LogP contribution >= 0.6 is 12.4 Å². The van der Waals surface area contributed by atoms with E-state index in [2.05, 4.69) is 10.6 Å². The molecule has 3 N–H and O–H groups in total. The van der Waals surface area contributed by atoms with Crippen LogP contribution in [0.2, 0.25) is 0 Å². The molecule has 0 aliphatic carbocycles. The van der Waals surface area contributed by atoms with E-state index in [1.165, 1.54) is 31.0 Å².